The number of halogens is 3. The van der Waals surface area contributed by atoms with Crippen molar-refractivity contribution in [2.24, 2.45) is 0 Å². The van der Waals surface area contributed by atoms with E-state index in [2.05, 4.69) is 10.3 Å². The molecule has 0 amide bonds. The van der Waals surface area contributed by atoms with E-state index < -0.39 is 11.7 Å². The van der Waals surface area contributed by atoms with Gasteiger partial charge in [-0.25, -0.2) is 4.98 Å². The van der Waals surface area contributed by atoms with E-state index in [0.29, 0.717) is 17.1 Å². The molecule has 2 N–H and O–H groups in total. The Morgan fingerprint density at radius 3 is 2.50 bits per heavy atom. The van der Waals surface area contributed by atoms with Crippen LogP contribution < -0.4 is 5.32 Å². The second-order valence-electron chi connectivity index (χ2n) is 4.89. The number of nitrogens with one attached hydrogen (secondary N) is 1. The molecule has 0 fully saturated rings. The summed E-state index contributed by atoms with van der Waals surface area (Å²) in [7, 11) is 0. The molecule has 0 aliphatic rings. The van der Waals surface area contributed by atoms with Crippen molar-refractivity contribution in [3.8, 4) is 10.6 Å². The Kier molecular flexibility index (Phi) is 5.55. The van der Waals surface area contributed by atoms with Crippen molar-refractivity contribution in [2.45, 2.75) is 32.1 Å². The lowest BCUT2D eigenvalue weighted by Gasteiger charge is -2.12. The number of thiazole rings is 1. The first-order valence-electron chi connectivity index (χ1n) is 6.90. The van der Waals surface area contributed by atoms with Crippen LogP contribution in [0.25, 0.3) is 10.6 Å². The first-order chi connectivity index (χ1) is 10.4. The molecule has 0 aliphatic carbocycles. The number of benzene rings is 1. The number of aliphatic hydroxyl groups excluding tert-OH is 1. The van der Waals surface area contributed by atoms with Crippen LogP contribution in [0, 0.1) is 0 Å². The lowest BCUT2D eigenvalue weighted by molar-refractivity contribution is -0.137. The average Bonchev–Trinajstić information content (AvgIpc) is 2.96. The molecule has 120 valence electrons. The van der Waals surface area contributed by atoms with Crippen LogP contribution in [0.2, 0.25) is 0 Å². The molecule has 2 aromatic rings. The summed E-state index contributed by atoms with van der Waals surface area (Å²) < 4.78 is 37.6. The van der Waals surface area contributed by atoms with E-state index in [0.717, 1.165) is 24.2 Å². The quantitative estimate of drug-likeness (QED) is 0.849. The van der Waals surface area contributed by atoms with Gasteiger partial charge >= 0.3 is 6.18 Å². The van der Waals surface area contributed by atoms with Gasteiger partial charge in [-0.05, 0) is 18.6 Å². The van der Waals surface area contributed by atoms with Gasteiger partial charge in [0.15, 0.2) is 0 Å². The molecule has 0 bridgehead atoms. The van der Waals surface area contributed by atoms with E-state index in [9.17, 15) is 13.2 Å². The third-order valence-corrected chi connectivity index (χ3v) is 4.24. The molecule has 1 heterocycles. The number of rotatable bonds is 6. The Labute approximate surface area is 130 Å². The molecule has 1 aromatic heterocycles. The summed E-state index contributed by atoms with van der Waals surface area (Å²) in [6.07, 6.45) is -3.51. The van der Waals surface area contributed by atoms with Crippen molar-refractivity contribution < 1.29 is 18.3 Å². The van der Waals surface area contributed by atoms with Gasteiger partial charge in [-0.1, -0.05) is 19.1 Å². The second-order valence-corrected chi connectivity index (χ2v) is 5.75. The van der Waals surface area contributed by atoms with Crippen LogP contribution in [0.3, 0.4) is 0 Å². The minimum Gasteiger partial charge on any atom is -0.395 e. The number of hydrogen-bond acceptors (Lipinski definition) is 4. The van der Waals surface area contributed by atoms with Gasteiger partial charge < -0.3 is 10.4 Å². The third kappa shape index (κ3) is 4.28. The molecule has 0 spiro atoms. The van der Waals surface area contributed by atoms with Gasteiger partial charge in [-0.2, -0.15) is 13.2 Å². The smallest absolute Gasteiger partial charge is 0.395 e. The Morgan fingerprint density at radius 2 is 1.95 bits per heavy atom. The minimum absolute atomic E-state index is 0.0243. The molecule has 1 atom stereocenters. The highest BCUT2D eigenvalue weighted by Crippen LogP contribution is 2.31. The number of aliphatic hydroxyl groups is 1. The van der Waals surface area contributed by atoms with Crippen LogP contribution >= 0.6 is 11.3 Å². The zero-order valence-corrected chi connectivity index (χ0v) is 12.8. The maximum Gasteiger partial charge on any atom is 0.416 e. The maximum atomic E-state index is 12.5. The monoisotopic (exact) mass is 330 g/mol. The van der Waals surface area contributed by atoms with E-state index in [1.165, 1.54) is 23.5 Å². The van der Waals surface area contributed by atoms with Crippen molar-refractivity contribution in [1.29, 1.82) is 0 Å². The SMILES string of the molecule is CCC(CO)NCc1csc(-c2ccc(C(F)(F)F)cc2)n1. The zero-order chi connectivity index (χ0) is 16.2. The van der Waals surface area contributed by atoms with Gasteiger partial charge in [0, 0.05) is 23.5 Å². The summed E-state index contributed by atoms with van der Waals surface area (Å²) in [6.45, 7) is 2.56. The molecule has 3 nitrogen and oxygen atoms in total. The van der Waals surface area contributed by atoms with Crippen LogP contribution in [0.1, 0.15) is 24.6 Å². The topological polar surface area (TPSA) is 45.1 Å². The average molecular weight is 330 g/mol. The summed E-state index contributed by atoms with van der Waals surface area (Å²) in [5.41, 5.74) is 0.814. The number of aromatic nitrogens is 1. The minimum atomic E-state index is -4.32. The molecule has 7 heteroatoms. The summed E-state index contributed by atoms with van der Waals surface area (Å²) in [5.74, 6) is 0. The molecular weight excluding hydrogens is 313 g/mol. The predicted molar refractivity (Wildman–Crippen MR) is 80.6 cm³/mol. The lowest BCUT2D eigenvalue weighted by atomic mass is 10.1. The molecular formula is C15H17F3N2OS. The summed E-state index contributed by atoms with van der Waals surface area (Å²) in [5, 5.41) is 14.8. The Balaban J connectivity index is 2.05. The van der Waals surface area contributed by atoms with Crippen LogP contribution in [-0.2, 0) is 12.7 Å². The predicted octanol–water partition coefficient (Wildman–Crippen LogP) is 3.69. The van der Waals surface area contributed by atoms with Crippen molar-refractivity contribution in [3.63, 3.8) is 0 Å². The largest absolute Gasteiger partial charge is 0.416 e. The first-order valence-corrected chi connectivity index (χ1v) is 7.78. The Morgan fingerprint density at radius 1 is 1.27 bits per heavy atom. The molecule has 1 unspecified atom stereocenters. The van der Waals surface area contributed by atoms with Gasteiger partial charge in [0.1, 0.15) is 5.01 Å². The molecule has 0 radical (unpaired) electrons. The van der Waals surface area contributed by atoms with Gasteiger partial charge in [0.05, 0.1) is 17.9 Å². The van der Waals surface area contributed by atoms with E-state index in [1.54, 1.807) is 0 Å². The maximum absolute atomic E-state index is 12.5. The van der Waals surface area contributed by atoms with Gasteiger partial charge in [0.25, 0.3) is 0 Å². The highest BCUT2D eigenvalue weighted by molar-refractivity contribution is 7.13. The van der Waals surface area contributed by atoms with E-state index >= 15 is 0 Å². The van der Waals surface area contributed by atoms with Crippen LogP contribution in [0.15, 0.2) is 29.6 Å². The van der Waals surface area contributed by atoms with Gasteiger partial charge in [-0.3, -0.25) is 0 Å². The first kappa shape index (κ1) is 16.9. The normalized spacial score (nSPS) is 13.3. The Bertz CT molecular complexity index is 592. The fourth-order valence-corrected chi connectivity index (χ4v) is 2.74. The fraction of sp³-hybridized carbons (Fsp3) is 0.400. The molecule has 2 rings (SSSR count). The molecule has 1 aromatic carbocycles. The van der Waals surface area contributed by atoms with Crippen LogP contribution in [0.4, 0.5) is 13.2 Å². The molecule has 22 heavy (non-hydrogen) atoms. The number of alkyl halides is 3. The summed E-state index contributed by atoms with van der Waals surface area (Å²) >= 11 is 1.39. The van der Waals surface area contributed by atoms with Crippen molar-refractivity contribution >= 4 is 11.3 Å². The van der Waals surface area contributed by atoms with E-state index in [4.69, 9.17) is 5.11 Å². The van der Waals surface area contributed by atoms with Gasteiger partial charge in [0.2, 0.25) is 0 Å². The lowest BCUT2D eigenvalue weighted by Crippen LogP contribution is -2.31. The highest BCUT2D eigenvalue weighted by atomic mass is 32.1. The summed E-state index contributed by atoms with van der Waals surface area (Å²) in [6, 6.07) is 5.01. The molecule has 0 saturated heterocycles. The Hall–Kier alpha value is -1.44. The fourth-order valence-electron chi connectivity index (χ4n) is 1.91. The molecule has 0 aliphatic heterocycles. The summed E-state index contributed by atoms with van der Waals surface area (Å²) in [4.78, 5) is 4.41. The van der Waals surface area contributed by atoms with Crippen LogP contribution in [-0.4, -0.2) is 22.7 Å². The van der Waals surface area contributed by atoms with Crippen molar-refractivity contribution in [3.05, 3.63) is 40.9 Å². The van der Waals surface area contributed by atoms with Crippen LogP contribution in [0.5, 0.6) is 0 Å². The van der Waals surface area contributed by atoms with E-state index in [-0.39, 0.29) is 12.6 Å². The van der Waals surface area contributed by atoms with Crippen molar-refractivity contribution in [1.82, 2.24) is 10.3 Å². The number of nitrogens with zero attached hydrogens (tertiary/aromatic N) is 1. The van der Waals surface area contributed by atoms with E-state index in [1.807, 2.05) is 12.3 Å². The van der Waals surface area contributed by atoms with Crippen molar-refractivity contribution in [2.75, 3.05) is 6.61 Å². The second kappa shape index (κ2) is 7.21. The highest BCUT2D eigenvalue weighted by Gasteiger charge is 2.30. The molecule has 0 saturated carbocycles. The standard InChI is InChI=1S/C15H17F3N2OS/c1-2-12(8-21)19-7-13-9-22-14(20-13)10-3-5-11(6-4-10)15(16,17)18/h3-6,9,12,19,21H,2,7-8H2,1H3. The zero-order valence-electron chi connectivity index (χ0n) is 12.0. The van der Waals surface area contributed by atoms with Gasteiger partial charge in [-0.15, -0.1) is 11.3 Å². The third-order valence-electron chi connectivity index (χ3n) is 3.30. The number of hydrogen-bond donors (Lipinski definition) is 2.